The van der Waals surface area contributed by atoms with Crippen molar-refractivity contribution >= 4 is 15.9 Å². The maximum Gasteiger partial charge on any atom is 0.190 e. The van der Waals surface area contributed by atoms with Crippen LogP contribution in [-0.2, 0) is 0 Å². The smallest absolute Gasteiger partial charge is 0.190 e. The lowest BCUT2D eigenvalue weighted by Gasteiger charge is -2.12. The third kappa shape index (κ3) is 2.46. The molecule has 15 heavy (non-hydrogen) atoms. The Kier molecular flexibility index (Phi) is 2.68. The summed E-state index contributed by atoms with van der Waals surface area (Å²) in [4.78, 5) is 0. The van der Waals surface area contributed by atoms with E-state index in [4.69, 9.17) is 10.5 Å². The van der Waals surface area contributed by atoms with Gasteiger partial charge in [-0.25, -0.2) is 8.78 Å². The van der Waals surface area contributed by atoms with Gasteiger partial charge in [0.2, 0.25) is 0 Å². The summed E-state index contributed by atoms with van der Waals surface area (Å²) in [7, 11) is 0. The third-order valence-corrected chi connectivity index (χ3v) is 2.82. The van der Waals surface area contributed by atoms with Crippen molar-refractivity contribution in [2.45, 2.75) is 18.4 Å². The van der Waals surface area contributed by atoms with Crippen LogP contribution in [0.3, 0.4) is 0 Å². The van der Waals surface area contributed by atoms with E-state index in [2.05, 4.69) is 15.9 Å². The van der Waals surface area contributed by atoms with Gasteiger partial charge in [-0.2, -0.15) is 0 Å². The summed E-state index contributed by atoms with van der Waals surface area (Å²) >= 11 is 2.99. The molecular formula is C10H10BrF2NO. The fourth-order valence-corrected chi connectivity index (χ4v) is 1.59. The molecule has 1 aromatic rings. The summed E-state index contributed by atoms with van der Waals surface area (Å²) in [6, 6.07) is 2.32. The molecule has 0 amide bonds. The van der Waals surface area contributed by atoms with Crippen molar-refractivity contribution in [2.75, 3.05) is 6.61 Å². The van der Waals surface area contributed by atoms with Gasteiger partial charge < -0.3 is 10.5 Å². The second-order valence-electron chi connectivity index (χ2n) is 3.85. The average Bonchev–Trinajstić information content (AvgIpc) is 2.82. The molecule has 0 aromatic heterocycles. The highest BCUT2D eigenvalue weighted by molar-refractivity contribution is 9.10. The molecule has 0 atom stereocenters. The second kappa shape index (κ2) is 3.72. The lowest BCUT2D eigenvalue weighted by Crippen LogP contribution is -2.30. The van der Waals surface area contributed by atoms with Gasteiger partial charge in [0.15, 0.2) is 17.4 Å². The summed E-state index contributed by atoms with van der Waals surface area (Å²) < 4.78 is 31.9. The van der Waals surface area contributed by atoms with E-state index in [0.29, 0.717) is 4.47 Å². The molecule has 2 N–H and O–H groups in total. The molecule has 1 aliphatic carbocycles. The molecular weight excluding hydrogens is 268 g/mol. The van der Waals surface area contributed by atoms with E-state index >= 15 is 0 Å². The van der Waals surface area contributed by atoms with Crippen LogP contribution in [0.15, 0.2) is 16.6 Å². The predicted molar refractivity (Wildman–Crippen MR) is 55.7 cm³/mol. The van der Waals surface area contributed by atoms with Crippen molar-refractivity contribution in [3.63, 3.8) is 0 Å². The van der Waals surface area contributed by atoms with E-state index in [1.54, 1.807) is 0 Å². The highest BCUT2D eigenvalue weighted by atomic mass is 79.9. The zero-order valence-corrected chi connectivity index (χ0v) is 9.48. The first-order valence-electron chi connectivity index (χ1n) is 4.56. The van der Waals surface area contributed by atoms with Gasteiger partial charge in [-0.1, -0.05) is 15.9 Å². The summed E-state index contributed by atoms with van der Waals surface area (Å²) in [5, 5.41) is 0. The summed E-state index contributed by atoms with van der Waals surface area (Å²) in [6.07, 6.45) is 1.68. The van der Waals surface area contributed by atoms with Crippen molar-refractivity contribution in [1.29, 1.82) is 0 Å². The van der Waals surface area contributed by atoms with E-state index < -0.39 is 11.6 Å². The molecule has 1 aromatic carbocycles. The number of rotatable bonds is 3. The van der Waals surface area contributed by atoms with Gasteiger partial charge in [0.1, 0.15) is 6.61 Å². The van der Waals surface area contributed by atoms with Gasteiger partial charge in [0.05, 0.1) is 5.54 Å². The Labute approximate surface area is 94.5 Å². The van der Waals surface area contributed by atoms with Crippen LogP contribution in [-0.4, -0.2) is 12.1 Å². The van der Waals surface area contributed by atoms with E-state index in [0.717, 1.165) is 25.0 Å². The number of nitrogens with two attached hydrogens (primary N) is 1. The summed E-state index contributed by atoms with van der Waals surface area (Å²) in [5.74, 6) is -1.79. The molecule has 0 bridgehead atoms. The maximum absolute atomic E-state index is 13.3. The Morgan fingerprint density at radius 2 is 1.87 bits per heavy atom. The number of benzene rings is 1. The highest BCUT2D eigenvalue weighted by Crippen LogP contribution is 2.34. The molecule has 0 spiro atoms. The van der Waals surface area contributed by atoms with Crippen LogP contribution in [0, 0.1) is 11.6 Å². The van der Waals surface area contributed by atoms with Gasteiger partial charge in [-0.15, -0.1) is 0 Å². The quantitative estimate of drug-likeness (QED) is 0.922. The van der Waals surface area contributed by atoms with Crippen LogP contribution in [0.25, 0.3) is 0 Å². The van der Waals surface area contributed by atoms with Gasteiger partial charge in [0.25, 0.3) is 0 Å². The Bertz CT molecular complexity index is 370. The second-order valence-corrected chi connectivity index (χ2v) is 4.77. The van der Waals surface area contributed by atoms with Gasteiger partial charge in [-0.05, 0) is 25.0 Å². The molecule has 0 unspecified atom stereocenters. The number of hydrogen-bond acceptors (Lipinski definition) is 2. The van der Waals surface area contributed by atoms with Crippen LogP contribution in [0.5, 0.6) is 5.75 Å². The first-order valence-corrected chi connectivity index (χ1v) is 5.36. The molecule has 2 rings (SSSR count). The molecule has 0 aliphatic heterocycles. The SMILES string of the molecule is NC1(COc2c(F)cc(Br)cc2F)CC1. The Morgan fingerprint density at radius 3 is 2.33 bits per heavy atom. The standard InChI is InChI=1S/C10H10BrF2NO/c11-6-3-7(12)9(8(13)4-6)15-5-10(14)1-2-10/h3-4H,1-2,5,14H2. The molecule has 1 saturated carbocycles. The topological polar surface area (TPSA) is 35.2 Å². The third-order valence-electron chi connectivity index (χ3n) is 2.36. The van der Waals surface area contributed by atoms with Crippen molar-refractivity contribution in [3.8, 4) is 5.75 Å². The van der Waals surface area contributed by atoms with Gasteiger partial charge >= 0.3 is 0 Å². The molecule has 5 heteroatoms. The Balaban J connectivity index is 2.13. The minimum absolute atomic E-state index is 0.155. The minimum atomic E-state index is -0.717. The zero-order valence-electron chi connectivity index (χ0n) is 7.90. The normalized spacial score (nSPS) is 17.6. The Hall–Kier alpha value is -0.680. The molecule has 2 nitrogen and oxygen atoms in total. The molecule has 0 radical (unpaired) electrons. The minimum Gasteiger partial charge on any atom is -0.486 e. The van der Waals surface area contributed by atoms with Crippen molar-refractivity contribution in [1.82, 2.24) is 0 Å². The van der Waals surface area contributed by atoms with Gasteiger partial charge in [-0.3, -0.25) is 0 Å². The lowest BCUT2D eigenvalue weighted by molar-refractivity contribution is 0.254. The van der Waals surface area contributed by atoms with Crippen LogP contribution in [0.4, 0.5) is 8.78 Å². The van der Waals surface area contributed by atoms with E-state index in [9.17, 15) is 8.78 Å². The summed E-state index contributed by atoms with van der Waals surface area (Å²) in [6.45, 7) is 0.155. The summed E-state index contributed by atoms with van der Waals surface area (Å²) in [5.41, 5.74) is 5.36. The van der Waals surface area contributed by atoms with Crippen molar-refractivity contribution in [3.05, 3.63) is 28.2 Å². The zero-order chi connectivity index (χ0) is 11.1. The first kappa shape index (κ1) is 10.8. The largest absolute Gasteiger partial charge is 0.486 e. The van der Waals surface area contributed by atoms with Crippen LogP contribution in [0.1, 0.15) is 12.8 Å². The molecule has 82 valence electrons. The molecule has 0 heterocycles. The first-order chi connectivity index (χ1) is 7.00. The predicted octanol–water partition coefficient (Wildman–Crippen LogP) is 2.60. The fraction of sp³-hybridized carbons (Fsp3) is 0.400. The highest BCUT2D eigenvalue weighted by Gasteiger charge is 2.39. The van der Waals surface area contributed by atoms with Gasteiger partial charge in [0, 0.05) is 4.47 Å². The van der Waals surface area contributed by atoms with E-state index in [1.165, 1.54) is 0 Å². The van der Waals surface area contributed by atoms with Crippen molar-refractivity contribution in [2.24, 2.45) is 5.73 Å². The molecule has 1 fully saturated rings. The Morgan fingerprint density at radius 1 is 1.33 bits per heavy atom. The monoisotopic (exact) mass is 277 g/mol. The van der Waals surface area contributed by atoms with E-state index in [-0.39, 0.29) is 17.9 Å². The van der Waals surface area contributed by atoms with Crippen molar-refractivity contribution < 1.29 is 13.5 Å². The fourth-order valence-electron chi connectivity index (χ4n) is 1.19. The number of ether oxygens (including phenoxy) is 1. The lowest BCUT2D eigenvalue weighted by atomic mass is 10.3. The molecule has 0 saturated heterocycles. The number of halogens is 3. The van der Waals surface area contributed by atoms with Crippen LogP contribution in [0.2, 0.25) is 0 Å². The van der Waals surface area contributed by atoms with Crippen LogP contribution >= 0.6 is 15.9 Å². The average molecular weight is 278 g/mol. The number of hydrogen-bond donors (Lipinski definition) is 1. The van der Waals surface area contributed by atoms with Crippen LogP contribution < -0.4 is 10.5 Å². The molecule has 1 aliphatic rings. The maximum atomic E-state index is 13.3. The van der Waals surface area contributed by atoms with E-state index in [1.807, 2.05) is 0 Å².